The molecule has 0 unspecified atom stereocenters. The molecule has 1 N–H and O–H groups in total. The minimum atomic E-state index is -0.127. The van der Waals surface area contributed by atoms with Crippen LogP contribution in [0.4, 0.5) is 5.69 Å². The molecule has 0 radical (unpaired) electrons. The van der Waals surface area contributed by atoms with Gasteiger partial charge in [0.2, 0.25) is 5.91 Å². The molecule has 4 rings (SSSR count). The van der Waals surface area contributed by atoms with Crippen LogP contribution in [0.15, 0.2) is 53.5 Å². The van der Waals surface area contributed by atoms with Gasteiger partial charge >= 0.3 is 0 Å². The van der Waals surface area contributed by atoms with Gasteiger partial charge in [-0.2, -0.15) is 0 Å². The van der Waals surface area contributed by atoms with Gasteiger partial charge in [0.15, 0.2) is 0 Å². The van der Waals surface area contributed by atoms with E-state index in [2.05, 4.69) is 10.3 Å². The Morgan fingerprint density at radius 3 is 2.69 bits per heavy atom. The van der Waals surface area contributed by atoms with Crippen molar-refractivity contribution in [3.05, 3.63) is 70.3 Å². The monoisotopic (exact) mass is 391 g/mol. The lowest BCUT2D eigenvalue weighted by Gasteiger charge is -2.20. The minimum Gasteiger partial charge on any atom is -0.487 e. The summed E-state index contributed by atoms with van der Waals surface area (Å²) in [5.74, 6) is 0.892. The summed E-state index contributed by atoms with van der Waals surface area (Å²) in [6.07, 6.45) is 7.17. The van der Waals surface area contributed by atoms with E-state index in [0.29, 0.717) is 17.1 Å². The maximum absolute atomic E-state index is 12.3. The van der Waals surface area contributed by atoms with Crippen molar-refractivity contribution in [1.82, 2.24) is 9.38 Å². The second-order valence-corrected chi connectivity index (χ2v) is 7.61. The van der Waals surface area contributed by atoms with Crippen LogP contribution < -0.4 is 15.6 Å². The number of nitrogens with zero attached hydrogens (tertiary/aromatic N) is 2. The molecule has 0 spiro atoms. The summed E-state index contributed by atoms with van der Waals surface area (Å²) in [6.45, 7) is 2.13. The molecule has 1 aromatic carbocycles. The summed E-state index contributed by atoms with van der Waals surface area (Å²) in [6, 6.07) is 12.5. The number of ether oxygens (including phenoxy) is 1. The van der Waals surface area contributed by atoms with Crippen molar-refractivity contribution in [3.8, 4) is 5.75 Å². The molecule has 29 heavy (non-hydrogen) atoms. The summed E-state index contributed by atoms with van der Waals surface area (Å²) in [4.78, 5) is 29.2. The zero-order chi connectivity index (χ0) is 20.2. The second kappa shape index (κ2) is 8.47. The number of aromatic nitrogens is 2. The fraction of sp³-hybridized carbons (Fsp3) is 0.348. The number of amides is 1. The number of fused-ring (bicyclic) bond motifs is 1. The number of anilines is 1. The maximum atomic E-state index is 12.3. The molecule has 0 aliphatic heterocycles. The number of carbonyl (C=O) groups is 1. The average Bonchev–Trinajstić information content (AvgIpc) is 2.75. The van der Waals surface area contributed by atoms with Crippen LogP contribution in [-0.4, -0.2) is 15.3 Å². The van der Waals surface area contributed by atoms with E-state index >= 15 is 0 Å². The Hall–Kier alpha value is -3.15. The Morgan fingerprint density at radius 1 is 1.17 bits per heavy atom. The lowest BCUT2D eigenvalue weighted by atomic mass is 9.88. The van der Waals surface area contributed by atoms with Gasteiger partial charge < -0.3 is 10.1 Å². The molecule has 0 saturated heterocycles. The largest absolute Gasteiger partial charge is 0.487 e. The van der Waals surface area contributed by atoms with Crippen molar-refractivity contribution in [2.75, 3.05) is 5.32 Å². The Kier molecular flexibility index (Phi) is 5.60. The number of aryl methyl sites for hydroxylation is 1. The number of rotatable bonds is 5. The van der Waals surface area contributed by atoms with Crippen molar-refractivity contribution in [3.63, 3.8) is 0 Å². The first-order chi connectivity index (χ1) is 14.1. The molecular weight excluding hydrogens is 366 g/mol. The summed E-state index contributed by atoms with van der Waals surface area (Å²) < 4.78 is 7.32. The third kappa shape index (κ3) is 4.47. The van der Waals surface area contributed by atoms with Crippen molar-refractivity contribution in [1.29, 1.82) is 0 Å². The van der Waals surface area contributed by atoms with Crippen LogP contribution in [0.5, 0.6) is 5.75 Å². The number of nitrogens with one attached hydrogen (secondary N) is 1. The molecule has 6 heteroatoms. The summed E-state index contributed by atoms with van der Waals surface area (Å²) in [7, 11) is 0. The normalized spacial score (nSPS) is 14.7. The van der Waals surface area contributed by atoms with E-state index < -0.39 is 0 Å². The van der Waals surface area contributed by atoms with Gasteiger partial charge in [0, 0.05) is 23.9 Å². The Bertz CT molecular complexity index is 1070. The van der Waals surface area contributed by atoms with Gasteiger partial charge in [-0.05, 0) is 55.7 Å². The van der Waals surface area contributed by atoms with Gasteiger partial charge in [-0.25, -0.2) is 4.98 Å². The number of pyridine rings is 1. The van der Waals surface area contributed by atoms with E-state index in [1.165, 1.54) is 16.9 Å². The lowest BCUT2D eigenvalue weighted by Crippen LogP contribution is -2.24. The highest BCUT2D eigenvalue weighted by Gasteiger charge is 2.20. The molecule has 150 valence electrons. The third-order valence-corrected chi connectivity index (χ3v) is 5.42. The quantitative estimate of drug-likeness (QED) is 0.711. The van der Waals surface area contributed by atoms with Crippen LogP contribution in [0, 0.1) is 12.8 Å². The van der Waals surface area contributed by atoms with E-state index in [9.17, 15) is 9.59 Å². The molecule has 1 fully saturated rings. The van der Waals surface area contributed by atoms with Gasteiger partial charge in [0.1, 0.15) is 18.0 Å². The summed E-state index contributed by atoms with van der Waals surface area (Å²) in [5.41, 5.74) is 2.80. The molecule has 1 amide bonds. The third-order valence-electron chi connectivity index (χ3n) is 5.42. The Labute approximate surface area is 169 Å². The van der Waals surface area contributed by atoms with Crippen LogP contribution in [0.2, 0.25) is 0 Å². The van der Waals surface area contributed by atoms with Gasteiger partial charge in [0.05, 0.1) is 5.69 Å². The van der Waals surface area contributed by atoms with Gasteiger partial charge in [0.25, 0.3) is 5.56 Å². The highest BCUT2D eigenvalue weighted by molar-refractivity contribution is 5.92. The zero-order valence-electron chi connectivity index (χ0n) is 16.6. The van der Waals surface area contributed by atoms with Crippen LogP contribution in [0.1, 0.15) is 43.4 Å². The summed E-state index contributed by atoms with van der Waals surface area (Å²) >= 11 is 0. The molecule has 1 aliphatic carbocycles. The van der Waals surface area contributed by atoms with Crippen LogP contribution in [-0.2, 0) is 11.4 Å². The maximum Gasteiger partial charge on any atom is 0.258 e. The van der Waals surface area contributed by atoms with E-state index in [1.807, 2.05) is 43.3 Å². The Morgan fingerprint density at radius 2 is 1.93 bits per heavy atom. The van der Waals surface area contributed by atoms with Gasteiger partial charge in [-0.3, -0.25) is 14.0 Å². The van der Waals surface area contributed by atoms with E-state index in [4.69, 9.17) is 4.74 Å². The molecule has 0 bridgehead atoms. The van der Waals surface area contributed by atoms with Gasteiger partial charge in [-0.15, -0.1) is 0 Å². The molecule has 1 saturated carbocycles. The molecule has 2 aromatic heterocycles. The molecule has 2 heterocycles. The van der Waals surface area contributed by atoms with Crippen LogP contribution in [0.3, 0.4) is 0 Å². The first kappa shape index (κ1) is 19.2. The minimum absolute atomic E-state index is 0.106. The zero-order valence-corrected chi connectivity index (χ0v) is 16.6. The fourth-order valence-electron chi connectivity index (χ4n) is 3.78. The van der Waals surface area contributed by atoms with Gasteiger partial charge in [-0.1, -0.05) is 25.3 Å². The predicted octanol–water partition coefficient (Wildman–Crippen LogP) is 4.10. The predicted molar refractivity (Wildman–Crippen MR) is 112 cm³/mol. The van der Waals surface area contributed by atoms with E-state index in [0.717, 1.165) is 36.9 Å². The van der Waals surface area contributed by atoms with E-state index in [1.54, 1.807) is 6.20 Å². The van der Waals surface area contributed by atoms with Crippen molar-refractivity contribution in [2.45, 2.75) is 45.6 Å². The number of carbonyl (C=O) groups excluding carboxylic acids is 1. The topological polar surface area (TPSA) is 72.7 Å². The highest BCUT2D eigenvalue weighted by atomic mass is 16.5. The van der Waals surface area contributed by atoms with Crippen molar-refractivity contribution >= 4 is 17.2 Å². The first-order valence-electron chi connectivity index (χ1n) is 10.1. The van der Waals surface area contributed by atoms with E-state index in [-0.39, 0.29) is 24.0 Å². The average molecular weight is 391 g/mol. The SMILES string of the molecule is Cc1cccn2c(=O)cc(COc3ccc(NC(=O)C4CCCCC4)cc3)nc12. The van der Waals surface area contributed by atoms with Crippen molar-refractivity contribution in [2.24, 2.45) is 5.92 Å². The van der Waals surface area contributed by atoms with Crippen LogP contribution >= 0.6 is 0 Å². The highest BCUT2D eigenvalue weighted by Crippen LogP contribution is 2.25. The van der Waals surface area contributed by atoms with Crippen molar-refractivity contribution < 1.29 is 9.53 Å². The first-order valence-corrected chi connectivity index (χ1v) is 10.1. The number of benzene rings is 1. The fourth-order valence-corrected chi connectivity index (χ4v) is 3.78. The van der Waals surface area contributed by atoms with Crippen LogP contribution in [0.25, 0.3) is 5.65 Å². The molecule has 6 nitrogen and oxygen atoms in total. The lowest BCUT2D eigenvalue weighted by molar-refractivity contribution is -0.120. The standard InChI is InChI=1S/C23H25N3O3/c1-16-6-5-13-26-21(27)14-19(24-22(16)26)15-29-20-11-9-18(10-12-20)25-23(28)17-7-3-2-4-8-17/h5-6,9-14,17H,2-4,7-8,15H2,1H3,(H,25,28). The molecule has 3 aromatic rings. The smallest absolute Gasteiger partial charge is 0.258 e. The second-order valence-electron chi connectivity index (χ2n) is 7.61. The molecule has 0 atom stereocenters. The molecular formula is C23H25N3O3. The number of hydrogen-bond acceptors (Lipinski definition) is 4. The molecule has 1 aliphatic rings. The number of hydrogen-bond donors (Lipinski definition) is 1. The summed E-state index contributed by atoms with van der Waals surface area (Å²) in [5, 5.41) is 3.00. The Balaban J connectivity index is 1.39.